The maximum Gasteiger partial charge on any atom is 0.472 e. The van der Waals surface area contributed by atoms with Crippen LogP contribution in [0.3, 0.4) is 0 Å². The molecule has 0 spiro atoms. The minimum absolute atomic E-state index is 0.0537. The number of ether oxygens (including phenoxy) is 4. The zero-order chi connectivity index (χ0) is 71.8. The summed E-state index contributed by atoms with van der Waals surface area (Å²) in [5.41, 5.74) is 0. The lowest BCUT2D eigenvalue weighted by atomic mass is 10.0. The van der Waals surface area contributed by atoms with Crippen LogP contribution in [-0.4, -0.2) is 96.7 Å². The molecule has 0 fully saturated rings. The lowest BCUT2D eigenvalue weighted by Gasteiger charge is -2.21. The number of hydrogen-bond donors (Lipinski definition) is 3. The van der Waals surface area contributed by atoms with Gasteiger partial charge in [0.2, 0.25) is 0 Å². The van der Waals surface area contributed by atoms with Gasteiger partial charge in [0.15, 0.2) is 12.2 Å². The first-order chi connectivity index (χ1) is 47.7. The molecule has 0 saturated heterocycles. The van der Waals surface area contributed by atoms with Crippen LogP contribution in [0.4, 0.5) is 0 Å². The number of phosphoric ester groups is 2. The number of rotatable bonds is 68. The molecule has 0 aromatic heterocycles. The molecule has 98 heavy (non-hydrogen) atoms. The molecule has 0 aliphatic carbocycles. The van der Waals surface area contributed by atoms with E-state index in [4.69, 9.17) is 37.0 Å². The fourth-order valence-corrected chi connectivity index (χ4v) is 10.9. The molecule has 0 aliphatic rings. The molecule has 0 heterocycles. The Morgan fingerprint density at radius 2 is 0.561 bits per heavy atom. The van der Waals surface area contributed by atoms with Gasteiger partial charge < -0.3 is 33.8 Å². The number of carbonyl (C=O) groups excluding carboxylic acids is 4. The van der Waals surface area contributed by atoms with Crippen LogP contribution in [-0.2, 0) is 65.4 Å². The third kappa shape index (κ3) is 69.4. The first kappa shape index (κ1) is 92.9. The van der Waals surface area contributed by atoms with Crippen LogP contribution in [0.1, 0.15) is 272 Å². The number of phosphoric acid groups is 2. The lowest BCUT2D eigenvalue weighted by molar-refractivity contribution is -0.161. The van der Waals surface area contributed by atoms with Crippen LogP contribution in [0.25, 0.3) is 0 Å². The van der Waals surface area contributed by atoms with Crippen LogP contribution < -0.4 is 0 Å². The van der Waals surface area contributed by atoms with E-state index < -0.39 is 97.5 Å². The van der Waals surface area contributed by atoms with Gasteiger partial charge in [-0.15, -0.1) is 0 Å². The Morgan fingerprint density at radius 3 is 0.888 bits per heavy atom. The molecule has 19 heteroatoms. The number of unbranched alkanes of at least 4 members (excludes halogenated alkanes) is 20. The Morgan fingerprint density at radius 1 is 0.306 bits per heavy atom. The number of aliphatic hydroxyl groups is 1. The van der Waals surface area contributed by atoms with Crippen molar-refractivity contribution in [3.05, 3.63) is 146 Å². The number of carbonyl (C=O) groups is 4. The summed E-state index contributed by atoms with van der Waals surface area (Å²) >= 11 is 0. The van der Waals surface area contributed by atoms with Gasteiger partial charge >= 0.3 is 39.5 Å². The van der Waals surface area contributed by atoms with Crippen LogP contribution in [0.15, 0.2) is 146 Å². The topological polar surface area (TPSA) is 237 Å². The van der Waals surface area contributed by atoms with Gasteiger partial charge in [-0.3, -0.25) is 37.3 Å². The Labute approximate surface area is 592 Å². The normalized spacial score (nSPS) is 14.8. The van der Waals surface area contributed by atoms with Gasteiger partial charge in [0.05, 0.1) is 39.3 Å². The maximum atomic E-state index is 13.1. The van der Waals surface area contributed by atoms with Gasteiger partial charge in [-0.2, -0.15) is 0 Å². The minimum Gasteiger partial charge on any atom is -0.461 e. The largest absolute Gasteiger partial charge is 0.472 e. The molecule has 0 aromatic carbocycles. The highest BCUT2D eigenvalue weighted by Crippen LogP contribution is 2.45. The van der Waals surface area contributed by atoms with E-state index in [1.54, 1.807) is 12.2 Å². The second-order valence-electron chi connectivity index (χ2n) is 24.2. The van der Waals surface area contributed by atoms with Crippen molar-refractivity contribution in [1.29, 1.82) is 0 Å². The zero-order valence-corrected chi connectivity index (χ0v) is 62.4. The van der Waals surface area contributed by atoms with Gasteiger partial charge in [-0.1, -0.05) is 283 Å². The summed E-state index contributed by atoms with van der Waals surface area (Å²) in [4.78, 5) is 72.6. The van der Waals surface area contributed by atoms with Crippen molar-refractivity contribution in [3.63, 3.8) is 0 Å². The summed E-state index contributed by atoms with van der Waals surface area (Å²) in [5.74, 6) is -2.49. The summed E-state index contributed by atoms with van der Waals surface area (Å²) in [6.07, 6.45) is 79.1. The fraction of sp³-hybridized carbons (Fsp3) is 0.646. The quantitative estimate of drug-likeness (QED) is 0.0169. The summed E-state index contributed by atoms with van der Waals surface area (Å²) in [6.45, 7) is 4.35. The van der Waals surface area contributed by atoms with Crippen molar-refractivity contribution in [2.24, 2.45) is 0 Å². The number of hydrogen-bond acceptors (Lipinski definition) is 15. The Bertz CT molecular complexity index is 2430. The van der Waals surface area contributed by atoms with E-state index >= 15 is 0 Å². The zero-order valence-electron chi connectivity index (χ0n) is 60.7. The third-order valence-corrected chi connectivity index (χ3v) is 16.8. The molecule has 0 aromatic rings. The van der Waals surface area contributed by atoms with Crippen molar-refractivity contribution >= 4 is 39.5 Å². The van der Waals surface area contributed by atoms with Crippen molar-refractivity contribution < 1.29 is 80.2 Å². The van der Waals surface area contributed by atoms with Gasteiger partial charge in [-0.05, 0) is 109 Å². The van der Waals surface area contributed by atoms with E-state index in [2.05, 4.69) is 125 Å². The van der Waals surface area contributed by atoms with E-state index in [0.717, 1.165) is 122 Å². The molecule has 17 nitrogen and oxygen atoms in total. The molecule has 5 unspecified atom stereocenters. The second-order valence-corrected chi connectivity index (χ2v) is 27.1. The lowest BCUT2D eigenvalue weighted by Crippen LogP contribution is -2.30. The van der Waals surface area contributed by atoms with Crippen LogP contribution in [0.5, 0.6) is 0 Å². The molecule has 0 radical (unpaired) electrons. The molecule has 558 valence electrons. The van der Waals surface area contributed by atoms with E-state index in [1.165, 1.54) is 70.6 Å². The number of esters is 4. The van der Waals surface area contributed by atoms with Gasteiger partial charge in [-0.25, -0.2) is 9.13 Å². The smallest absolute Gasteiger partial charge is 0.461 e. The molecular formula is C79H130O17P2. The standard InChI is InChI=1S/C79H130O17P2/c1-5-9-13-17-21-25-29-33-36-40-43-47-51-55-59-63-76(81)89-69-74(95-78(83)65-61-57-53-49-45-39-32-28-24-20-16-12-8-4)71-93-97(85,86)91-67-73(80)68-92-98(87,88)94-72-75(96-79(84)66-62-58-54-50-46-42-38-35-31-27-23-19-15-11-7-3)70-90-77(82)64-60-56-52-48-44-41-37-34-30-26-22-18-14-10-6-2/h9-10,13-14,21-23,25-27,33-38,43-44,47-48,55-56,59-60,73-75,80H,5-8,11-12,15-20,24,28-32,39-42,45-46,49-54,57-58,61-72H2,1-4H3,(H,85,86)(H,87,88)/b13-9-,14-10-,25-21-,26-22-,27-23-,36-33-,37-34-,38-35-,47-43-,48-44-,59-55-,60-56-. The van der Waals surface area contributed by atoms with E-state index in [1.807, 2.05) is 36.5 Å². The Kier molecular flexibility index (Phi) is 66.7. The predicted molar refractivity (Wildman–Crippen MR) is 399 cm³/mol. The highest BCUT2D eigenvalue weighted by atomic mass is 31.2. The summed E-state index contributed by atoms with van der Waals surface area (Å²) < 4.78 is 68.1. The average Bonchev–Trinajstić information content (AvgIpc) is 1.04. The van der Waals surface area contributed by atoms with Crippen molar-refractivity contribution in [2.75, 3.05) is 39.6 Å². The first-order valence-electron chi connectivity index (χ1n) is 37.1. The molecule has 0 amide bonds. The number of aliphatic hydroxyl groups excluding tert-OH is 1. The van der Waals surface area contributed by atoms with Gasteiger partial charge in [0.25, 0.3) is 0 Å². The van der Waals surface area contributed by atoms with E-state index in [-0.39, 0.29) is 25.7 Å². The maximum absolute atomic E-state index is 13.1. The number of allylic oxidation sites excluding steroid dienone is 22. The van der Waals surface area contributed by atoms with Crippen molar-refractivity contribution in [1.82, 2.24) is 0 Å². The molecular weight excluding hydrogens is 1280 g/mol. The van der Waals surface area contributed by atoms with Crippen molar-refractivity contribution in [2.45, 2.75) is 290 Å². The van der Waals surface area contributed by atoms with Gasteiger partial charge in [0.1, 0.15) is 19.3 Å². The highest BCUT2D eigenvalue weighted by molar-refractivity contribution is 7.47. The van der Waals surface area contributed by atoms with E-state index in [9.17, 15) is 43.2 Å². The van der Waals surface area contributed by atoms with Crippen LogP contribution >= 0.6 is 15.6 Å². The van der Waals surface area contributed by atoms with Gasteiger partial charge in [0, 0.05) is 12.8 Å². The van der Waals surface area contributed by atoms with E-state index in [0.29, 0.717) is 25.7 Å². The van der Waals surface area contributed by atoms with Crippen molar-refractivity contribution in [3.8, 4) is 0 Å². The predicted octanol–water partition coefficient (Wildman–Crippen LogP) is 21.1. The van der Waals surface area contributed by atoms with Crippen LogP contribution in [0.2, 0.25) is 0 Å². The summed E-state index contributed by atoms with van der Waals surface area (Å²) in [7, 11) is -10.0. The summed E-state index contributed by atoms with van der Waals surface area (Å²) in [5, 5.41) is 10.6. The Balaban J connectivity index is 5.50. The first-order valence-corrected chi connectivity index (χ1v) is 40.1. The Hall–Kier alpha value is -5.06. The molecule has 0 bridgehead atoms. The second kappa shape index (κ2) is 70.4. The summed E-state index contributed by atoms with van der Waals surface area (Å²) in [6, 6.07) is 0. The molecule has 3 N–H and O–H groups in total. The SMILES string of the molecule is CC/C=C\C/C=C\C/C=C\C/C=C\C/C=C\CC(=O)OCC(COP(=O)(O)OCC(O)COP(=O)(O)OCC(COC(=O)C/C=C\C/C=C\C/C=C\C/C=C\C/C=C\CC)OC(=O)CCCCCCCCCCCCCCC)OC(=O)CCCCCCC/C=C\C/C=C\CCCCC. The molecule has 0 aliphatic heterocycles. The third-order valence-electron chi connectivity index (χ3n) is 14.9. The molecule has 0 saturated carbocycles. The minimum atomic E-state index is -5.01. The van der Waals surface area contributed by atoms with Crippen LogP contribution in [0, 0.1) is 0 Å². The molecule has 5 atom stereocenters. The fourth-order valence-electron chi connectivity index (χ4n) is 9.28. The average molecular weight is 1410 g/mol. The highest BCUT2D eigenvalue weighted by Gasteiger charge is 2.30. The molecule has 0 rings (SSSR count). The monoisotopic (exact) mass is 1410 g/mol.